The number of hydrogen-bond donors (Lipinski definition) is 2. The molecule has 3 N–H and O–H groups in total. The van der Waals surface area contributed by atoms with Crippen LogP contribution < -0.4 is 11.1 Å². The fraction of sp³-hybridized carbons (Fsp3) is 0.294. The molecule has 2 nitrogen and oxygen atoms in total. The number of nitrogens with one attached hydrogen (secondary N) is 1. The third kappa shape index (κ3) is 2.69. The molecule has 0 saturated carbocycles. The summed E-state index contributed by atoms with van der Waals surface area (Å²) in [6, 6.07) is 11.3. The molecular weight excluding hydrogens is 270 g/mol. The van der Waals surface area contributed by atoms with Crippen LogP contribution in [0.15, 0.2) is 42.5 Å². The van der Waals surface area contributed by atoms with E-state index in [9.17, 15) is 8.78 Å². The minimum atomic E-state index is -0.427. The number of fused-ring (bicyclic) bond motifs is 1. The van der Waals surface area contributed by atoms with Crippen LogP contribution in [0.3, 0.4) is 0 Å². The van der Waals surface area contributed by atoms with Crippen molar-refractivity contribution in [2.45, 2.75) is 31.5 Å². The van der Waals surface area contributed by atoms with E-state index in [0.29, 0.717) is 5.56 Å². The second kappa shape index (κ2) is 5.54. The molecule has 110 valence electrons. The maximum Gasteiger partial charge on any atom is 0.128 e. The Morgan fingerprint density at radius 2 is 1.86 bits per heavy atom. The van der Waals surface area contributed by atoms with Crippen molar-refractivity contribution in [3.8, 4) is 0 Å². The molecule has 2 aromatic rings. The van der Waals surface area contributed by atoms with E-state index in [2.05, 4.69) is 5.32 Å². The van der Waals surface area contributed by atoms with Gasteiger partial charge in [0.2, 0.25) is 0 Å². The van der Waals surface area contributed by atoms with Gasteiger partial charge in [-0.3, -0.25) is 0 Å². The number of rotatable bonds is 3. The molecule has 0 aliphatic heterocycles. The summed E-state index contributed by atoms with van der Waals surface area (Å²) in [5.41, 5.74) is 8.75. The van der Waals surface area contributed by atoms with Crippen molar-refractivity contribution in [1.82, 2.24) is 5.32 Å². The van der Waals surface area contributed by atoms with Gasteiger partial charge in [-0.15, -0.1) is 0 Å². The Morgan fingerprint density at radius 1 is 1.14 bits per heavy atom. The molecule has 3 atom stereocenters. The summed E-state index contributed by atoms with van der Waals surface area (Å²) in [4.78, 5) is 0. The van der Waals surface area contributed by atoms with Crippen LogP contribution in [-0.2, 0) is 0 Å². The summed E-state index contributed by atoms with van der Waals surface area (Å²) in [7, 11) is 0. The van der Waals surface area contributed by atoms with Gasteiger partial charge in [-0.25, -0.2) is 8.78 Å². The first-order valence-corrected chi connectivity index (χ1v) is 7.11. The third-order valence-corrected chi connectivity index (χ3v) is 4.14. The highest BCUT2D eigenvalue weighted by Crippen LogP contribution is 2.38. The van der Waals surface area contributed by atoms with E-state index in [-0.39, 0.29) is 18.1 Å². The highest BCUT2D eigenvalue weighted by Gasteiger charge is 2.29. The van der Waals surface area contributed by atoms with Crippen LogP contribution in [0.4, 0.5) is 8.78 Å². The van der Waals surface area contributed by atoms with Crippen LogP contribution in [0.2, 0.25) is 0 Å². The van der Waals surface area contributed by atoms with Gasteiger partial charge in [0.25, 0.3) is 0 Å². The van der Waals surface area contributed by atoms with Crippen molar-refractivity contribution in [3.05, 3.63) is 70.8 Å². The Kier molecular flexibility index (Phi) is 3.74. The summed E-state index contributed by atoms with van der Waals surface area (Å²) < 4.78 is 27.1. The van der Waals surface area contributed by atoms with Crippen LogP contribution in [0, 0.1) is 11.6 Å². The van der Waals surface area contributed by atoms with Crippen LogP contribution in [-0.4, -0.2) is 0 Å². The molecular formula is C17H18F2N2. The molecule has 0 aromatic heterocycles. The molecule has 3 rings (SSSR count). The average Bonchev–Trinajstić information content (AvgIpc) is 2.78. The minimum absolute atomic E-state index is 0.0109. The van der Waals surface area contributed by atoms with Crippen LogP contribution in [0.5, 0.6) is 0 Å². The molecule has 0 amide bonds. The molecule has 0 bridgehead atoms. The van der Waals surface area contributed by atoms with Crippen molar-refractivity contribution in [3.63, 3.8) is 0 Å². The Labute approximate surface area is 123 Å². The largest absolute Gasteiger partial charge is 0.324 e. The van der Waals surface area contributed by atoms with E-state index < -0.39 is 11.6 Å². The molecule has 0 radical (unpaired) electrons. The number of hydrogen-bond acceptors (Lipinski definition) is 2. The zero-order chi connectivity index (χ0) is 15.0. The molecule has 1 aliphatic carbocycles. The SMILES string of the molecule is CC(NC1CC(N)c2ccccc21)c1cc(F)ccc1F. The van der Waals surface area contributed by atoms with Gasteiger partial charge in [-0.05, 0) is 42.7 Å². The van der Waals surface area contributed by atoms with Crippen LogP contribution in [0.25, 0.3) is 0 Å². The van der Waals surface area contributed by atoms with Crippen molar-refractivity contribution in [2.75, 3.05) is 0 Å². The zero-order valence-electron chi connectivity index (χ0n) is 11.8. The topological polar surface area (TPSA) is 38.0 Å². The van der Waals surface area contributed by atoms with Crippen molar-refractivity contribution < 1.29 is 8.78 Å². The van der Waals surface area contributed by atoms with E-state index in [4.69, 9.17) is 5.73 Å². The van der Waals surface area contributed by atoms with E-state index in [1.54, 1.807) is 0 Å². The van der Waals surface area contributed by atoms with Gasteiger partial charge in [0.1, 0.15) is 11.6 Å². The van der Waals surface area contributed by atoms with E-state index in [0.717, 1.165) is 29.7 Å². The summed E-state index contributed by atoms with van der Waals surface area (Å²) >= 11 is 0. The van der Waals surface area contributed by atoms with Gasteiger partial charge in [0, 0.05) is 23.7 Å². The molecule has 4 heteroatoms. The highest BCUT2D eigenvalue weighted by atomic mass is 19.1. The Bertz CT molecular complexity index is 657. The fourth-order valence-electron chi connectivity index (χ4n) is 3.07. The van der Waals surface area contributed by atoms with Gasteiger partial charge in [0.05, 0.1) is 0 Å². The highest BCUT2D eigenvalue weighted by molar-refractivity contribution is 5.37. The zero-order valence-corrected chi connectivity index (χ0v) is 11.8. The first kappa shape index (κ1) is 14.2. The molecule has 3 unspecified atom stereocenters. The maximum atomic E-state index is 13.8. The predicted molar refractivity (Wildman–Crippen MR) is 78.6 cm³/mol. The summed E-state index contributed by atoms with van der Waals surface area (Å²) in [5.74, 6) is -0.824. The average molecular weight is 288 g/mol. The summed E-state index contributed by atoms with van der Waals surface area (Å²) in [6.07, 6.45) is 0.765. The van der Waals surface area contributed by atoms with E-state index in [1.807, 2.05) is 31.2 Å². The normalized spacial score (nSPS) is 22.1. The monoisotopic (exact) mass is 288 g/mol. The molecule has 0 heterocycles. The van der Waals surface area contributed by atoms with Gasteiger partial charge < -0.3 is 11.1 Å². The van der Waals surface area contributed by atoms with Gasteiger partial charge >= 0.3 is 0 Å². The van der Waals surface area contributed by atoms with Crippen molar-refractivity contribution in [2.24, 2.45) is 5.73 Å². The molecule has 0 fully saturated rings. The Hall–Kier alpha value is -1.78. The second-order valence-electron chi connectivity index (χ2n) is 5.58. The maximum absolute atomic E-state index is 13.8. The molecule has 2 aromatic carbocycles. The fourth-order valence-corrected chi connectivity index (χ4v) is 3.07. The van der Waals surface area contributed by atoms with E-state index >= 15 is 0 Å². The van der Waals surface area contributed by atoms with Gasteiger partial charge in [-0.2, -0.15) is 0 Å². The second-order valence-corrected chi connectivity index (χ2v) is 5.58. The Morgan fingerprint density at radius 3 is 2.62 bits per heavy atom. The molecule has 0 saturated heterocycles. The lowest BCUT2D eigenvalue weighted by molar-refractivity contribution is 0.432. The number of benzene rings is 2. The standard InChI is InChI=1S/C17H18F2N2/c1-10(14-8-11(18)6-7-15(14)19)21-17-9-16(20)12-4-2-3-5-13(12)17/h2-8,10,16-17,21H,9,20H2,1H3. The van der Waals surface area contributed by atoms with Crippen molar-refractivity contribution >= 4 is 0 Å². The summed E-state index contributed by atoms with van der Waals surface area (Å²) in [5, 5.41) is 3.36. The Balaban J connectivity index is 1.83. The first-order chi connectivity index (χ1) is 10.1. The lowest BCUT2D eigenvalue weighted by Crippen LogP contribution is -2.24. The number of nitrogens with two attached hydrogens (primary N) is 1. The smallest absolute Gasteiger partial charge is 0.128 e. The lowest BCUT2D eigenvalue weighted by Gasteiger charge is -2.21. The van der Waals surface area contributed by atoms with Crippen LogP contribution >= 0.6 is 0 Å². The summed E-state index contributed by atoms with van der Waals surface area (Å²) in [6.45, 7) is 1.84. The van der Waals surface area contributed by atoms with Gasteiger partial charge in [-0.1, -0.05) is 24.3 Å². The molecule has 0 spiro atoms. The quantitative estimate of drug-likeness (QED) is 0.902. The number of halogens is 2. The lowest BCUT2D eigenvalue weighted by atomic mass is 10.0. The predicted octanol–water partition coefficient (Wildman–Crippen LogP) is 3.76. The van der Waals surface area contributed by atoms with Gasteiger partial charge in [0.15, 0.2) is 0 Å². The first-order valence-electron chi connectivity index (χ1n) is 7.11. The van der Waals surface area contributed by atoms with E-state index in [1.165, 1.54) is 6.07 Å². The van der Waals surface area contributed by atoms with Crippen LogP contribution in [0.1, 0.15) is 48.2 Å². The minimum Gasteiger partial charge on any atom is -0.324 e. The molecule has 1 aliphatic rings. The third-order valence-electron chi connectivity index (χ3n) is 4.14. The van der Waals surface area contributed by atoms with Crippen molar-refractivity contribution in [1.29, 1.82) is 0 Å². The molecule has 21 heavy (non-hydrogen) atoms.